The van der Waals surface area contributed by atoms with Crippen molar-refractivity contribution in [1.82, 2.24) is 0 Å². The molecule has 2 nitrogen and oxygen atoms in total. The van der Waals surface area contributed by atoms with E-state index in [0.717, 1.165) is 6.42 Å². The van der Waals surface area contributed by atoms with Crippen molar-refractivity contribution < 1.29 is 29.4 Å². The van der Waals surface area contributed by atoms with Gasteiger partial charge in [-0.25, -0.2) is 0 Å². The summed E-state index contributed by atoms with van der Waals surface area (Å²) in [5.41, 5.74) is 0. The van der Waals surface area contributed by atoms with Gasteiger partial charge in [-0.15, -0.1) is 0 Å². The predicted molar refractivity (Wildman–Crippen MR) is 24.3 cm³/mol. The molecule has 40 valence electrons. The van der Waals surface area contributed by atoms with Crippen LogP contribution in [0.4, 0.5) is 0 Å². The Hall–Kier alpha value is 0.0934. The van der Waals surface area contributed by atoms with Crippen LogP contribution >= 0.6 is 0 Å². The number of hydrogen-bond donors (Lipinski definition) is 1. The van der Waals surface area contributed by atoms with Crippen LogP contribution in [0.15, 0.2) is 0 Å². The first-order chi connectivity index (χ1) is 2.83. The van der Waals surface area contributed by atoms with Gasteiger partial charge >= 0.3 is 0 Å². The van der Waals surface area contributed by atoms with Gasteiger partial charge in [-0.2, -0.15) is 6.42 Å². The summed E-state index contributed by atoms with van der Waals surface area (Å²) in [7, 11) is 0. The van der Waals surface area contributed by atoms with Crippen LogP contribution in [0.25, 0.3) is 0 Å². The number of carbonyl (C=O) groups is 1. The van der Waals surface area contributed by atoms with Crippen molar-refractivity contribution in [2.24, 2.45) is 0 Å². The molecule has 0 aliphatic rings. The van der Waals surface area contributed by atoms with E-state index in [1.807, 2.05) is 6.92 Å². The monoisotopic (exact) mass is 153 g/mol. The molecule has 0 atom stereocenters. The average Bonchev–Trinajstić information content (AvgIpc) is 1.39. The summed E-state index contributed by atoms with van der Waals surface area (Å²) in [4.78, 5) is 8.36. The normalized spacial score (nSPS) is 4.29. The zero-order valence-electron chi connectivity index (χ0n) is 4.55. The molecule has 0 aliphatic carbocycles. The molecule has 0 amide bonds. The Morgan fingerprint density at radius 2 is 1.86 bits per heavy atom. The third kappa shape index (κ3) is 11700. The Morgan fingerprint density at radius 3 is 1.86 bits per heavy atom. The van der Waals surface area contributed by atoms with Gasteiger partial charge in [0.25, 0.3) is 6.47 Å². The quantitative estimate of drug-likeness (QED) is 0.320. The second-order valence-corrected chi connectivity index (χ2v) is 0.605. The molecule has 0 aromatic heterocycles. The first-order valence-corrected chi connectivity index (χ1v) is 1.70. The smallest absolute Gasteiger partial charge is 0.290 e. The molecule has 0 saturated heterocycles. The maximum atomic E-state index is 8.36. The number of carboxylic acid groups (broad SMARTS) is 1. The topological polar surface area (TPSA) is 37.3 Å². The van der Waals surface area contributed by atoms with Crippen molar-refractivity contribution >= 4 is 6.47 Å². The summed E-state index contributed by atoms with van der Waals surface area (Å²) in [5.74, 6) is 0. The van der Waals surface area contributed by atoms with Crippen molar-refractivity contribution in [2.45, 2.75) is 13.3 Å². The van der Waals surface area contributed by atoms with Gasteiger partial charge in [0.15, 0.2) is 0 Å². The van der Waals surface area contributed by atoms with E-state index in [1.165, 1.54) is 0 Å². The molecule has 0 aromatic rings. The number of rotatable bonds is 0. The van der Waals surface area contributed by atoms with Crippen LogP contribution in [0.1, 0.15) is 13.3 Å². The minimum absolute atomic E-state index is 0. The molecule has 7 heavy (non-hydrogen) atoms. The van der Waals surface area contributed by atoms with Gasteiger partial charge in [0, 0.05) is 19.5 Å². The zero-order chi connectivity index (χ0) is 5.41. The van der Waals surface area contributed by atoms with Crippen LogP contribution in [-0.4, -0.2) is 11.6 Å². The fourth-order valence-electron chi connectivity index (χ4n) is 0. The Bertz CT molecular complexity index is 23.7. The van der Waals surface area contributed by atoms with Gasteiger partial charge in [-0.3, -0.25) is 4.79 Å². The van der Waals surface area contributed by atoms with E-state index in [2.05, 4.69) is 6.92 Å². The summed E-state index contributed by atoms with van der Waals surface area (Å²) >= 11 is 0. The van der Waals surface area contributed by atoms with Crippen LogP contribution in [0.2, 0.25) is 0 Å². The van der Waals surface area contributed by atoms with Crippen LogP contribution < -0.4 is 0 Å². The Labute approximate surface area is 56.7 Å². The van der Waals surface area contributed by atoms with E-state index in [4.69, 9.17) is 9.90 Å². The third-order valence-corrected chi connectivity index (χ3v) is 0. The summed E-state index contributed by atoms with van der Waals surface area (Å²) in [6, 6.07) is 0. The van der Waals surface area contributed by atoms with Gasteiger partial charge in [-0.05, 0) is 0 Å². The molecule has 0 spiro atoms. The van der Waals surface area contributed by atoms with E-state index in [9.17, 15) is 0 Å². The Kier molecular flexibility index (Phi) is 81.0. The molecule has 0 fully saturated rings. The minimum Gasteiger partial charge on any atom is -0.483 e. The minimum atomic E-state index is -0.250. The van der Waals surface area contributed by atoms with Crippen LogP contribution in [-0.2, 0) is 24.3 Å². The van der Waals surface area contributed by atoms with Crippen LogP contribution in [0.3, 0.4) is 0 Å². The van der Waals surface area contributed by atoms with Crippen molar-refractivity contribution in [3.8, 4) is 0 Å². The number of hydrogen-bond acceptors (Lipinski definition) is 1. The summed E-state index contributed by atoms with van der Waals surface area (Å²) in [6.45, 7) is 5.25. The first-order valence-electron chi connectivity index (χ1n) is 1.70. The SMILES string of the molecule is O=CO.[CH2-]CC.[Zn]. The zero-order valence-corrected chi connectivity index (χ0v) is 7.52. The maximum absolute atomic E-state index is 8.36. The van der Waals surface area contributed by atoms with E-state index in [-0.39, 0.29) is 26.0 Å². The summed E-state index contributed by atoms with van der Waals surface area (Å²) in [5, 5.41) is 6.89. The Balaban J connectivity index is -0.0000000400. The van der Waals surface area contributed by atoms with Crippen LogP contribution in [0, 0.1) is 6.92 Å². The van der Waals surface area contributed by atoms with E-state index in [1.54, 1.807) is 0 Å². The fraction of sp³-hybridized carbons (Fsp3) is 0.500. The van der Waals surface area contributed by atoms with Crippen LogP contribution in [0.5, 0.6) is 0 Å². The van der Waals surface area contributed by atoms with Crippen molar-refractivity contribution in [2.75, 3.05) is 0 Å². The molecule has 0 rings (SSSR count). The first kappa shape index (κ1) is 15.7. The molecule has 0 unspecified atom stereocenters. The summed E-state index contributed by atoms with van der Waals surface area (Å²) in [6.07, 6.45) is 1.00. The molecule has 0 radical (unpaired) electrons. The molecule has 1 N–H and O–H groups in total. The molecule has 0 heterocycles. The van der Waals surface area contributed by atoms with Gasteiger partial charge in [0.05, 0.1) is 0 Å². The molecular formula is C4H9O2Zn-. The standard InChI is InChI=1S/C3H7.CH2O2.Zn/c1-3-2;2-1-3;/h1,3H2,2H3;1H,(H,2,3);/q-1;;. The summed E-state index contributed by atoms with van der Waals surface area (Å²) < 4.78 is 0. The van der Waals surface area contributed by atoms with Crippen molar-refractivity contribution in [1.29, 1.82) is 0 Å². The molecule has 0 saturated carbocycles. The second kappa shape index (κ2) is 36.1. The van der Waals surface area contributed by atoms with E-state index >= 15 is 0 Å². The molecular weight excluding hydrogens is 145 g/mol. The third-order valence-electron chi connectivity index (χ3n) is 0. The second-order valence-electron chi connectivity index (χ2n) is 0.605. The maximum Gasteiger partial charge on any atom is 0.290 e. The average molecular weight is 155 g/mol. The molecule has 0 aliphatic heterocycles. The van der Waals surface area contributed by atoms with Crippen molar-refractivity contribution in [3.05, 3.63) is 6.92 Å². The van der Waals surface area contributed by atoms with Gasteiger partial charge < -0.3 is 12.0 Å². The Morgan fingerprint density at radius 1 is 1.86 bits per heavy atom. The predicted octanol–water partition coefficient (Wildman–Crippen LogP) is 0.929. The van der Waals surface area contributed by atoms with Crippen molar-refractivity contribution in [3.63, 3.8) is 0 Å². The van der Waals surface area contributed by atoms with Gasteiger partial charge in [0.1, 0.15) is 0 Å². The van der Waals surface area contributed by atoms with E-state index < -0.39 is 0 Å². The van der Waals surface area contributed by atoms with E-state index in [0.29, 0.717) is 0 Å². The molecule has 0 aromatic carbocycles. The molecule has 0 bridgehead atoms. The van der Waals surface area contributed by atoms with Gasteiger partial charge in [-0.1, -0.05) is 6.92 Å². The fourth-order valence-corrected chi connectivity index (χ4v) is 0. The molecule has 3 heteroatoms. The van der Waals surface area contributed by atoms with Gasteiger partial charge in [0.2, 0.25) is 0 Å². The largest absolute Gasteiger partial charge is 0.483 e.